The fourth-order valence-corrected chi connectivity index (χ4v) is 5.06. The third-order valence-corrected chi connectivity index (χ3v) is 6.09. The summed E-state index contributed by atoms with van der Waals surface area (Å²) in [5, 5.41) is 2.86. The molecule has 0 aromatic carbocycles. The lowest BCUT2D eigenvalue weighted by molar-refractivity contribution is 0.246. The second kappa shape index (κ2) is 6.41. The summed E-state index contributed by atoms with van der Waals surface area (Å²) in [6, 6.07) is 1.72. The van der Waals surface area contributed by atoms with Gasteiger partial charge in [-0.25, -0.2) is 13.4 Å². The van der Waals surface area contributed by atoms with Crippen molar-refractivity contribution >= 4 is 31.8 Å². The van der Waals surface area contributed by atoms with Gasteiger partial charge in [-0.3, -0.25) is 0 Å². The monoisotopic (exact) mass is 361 g/mol. The number of nitrogens with zero attached hydrogens (tertiary/aromatic N) is 2. The number of piperidine rings is 1. The Morgan fingerprint density at radius 2 is 2.25 bits per heavy atom. The van der Waals surface area contributed by atoms with Crippen molar-refractivity contribution in [3.63, 3.8) is 0 Å². The summed E-state index contributed by atoms with van der Waals surface area (Å²) in [6.45, 7) is 2.63. The van der Waals surface area contributed by atoms with Crippen LogP contribution < -0.4 is 5.32 Å². The van der Waals surface area contributed by atoms with Gasteiger partial charge in [0.2, 0.25) is 10.0 Å². The third kappa shape index (κ3) is 2.99. The summed E-state index contributed by atoms with van der Waals surface area (Å²) in [4.78, 5) is 4.39. The van der Waals surface area contributed by atoms with Gasteiger partial charge in [0.1, 0.15) is 10.7 Å². The second-order valence-electron chi connectivity index (χ2n) is 4.92. The first kappa shape index (κ1) is 15.7. The van der Waals surface area contributed by atoms with E-state index in [-0.39, 0.29) is 10.9 Å². The highest BCUT2D eigenvalue weighted by Crippen LogP contribution is 2.31. The van der Waals surface area contributed by atoms with Crippen LogP contribution in [0.25, 0.3) is 0 Å². The van der Waals surface area contributed by atoms with Crippen LogP contribution >= 0.6 is 15.9 Å². The number of pyridine rings is 1. The molecular formula is C13H20BrN3O2S. The summed E-state index contributed by atoms with van der Waals surface area (Å²) >= 11 is 3.30. The molecule has 1 fully saturated rings. The predicted octanol–water partition coefficient (Wildman–Crippen LogP) is 2.84. The maximum atomic E-state index is 12.9. The van der Waals surface area contributed by atoms with Crippen molar-refractivity contribution in [1.29, 1.82) is 0 Å². The number of nitrogens with one attached hydrogen (secondary N) is 1. The average molecular weight is 362 g/mol. The van der Waals surface area contributed by atoms with Crippen LogP contribution in [0.2, 0.25) is 0 Å². The minimum absolute atomic E-state index is 0.0948. The van der Waals surface area contributed by atoms with Gasteiger partial charge in [0.25, 0.3) is 0 Å². The fourth-order valence-electron chi connectivity index (χ4n) is 2.63. The van der Waals surface area contributed by atoms with E-state index in [4.69, 9.17) is 0 Å². The molecule has 20 heavy (non-hydrogen) atoms. The molecule has 5 nitrogen and oxygen atoms in total. The number of sulfonamides is 1. The van der Waals surface area contributed by atoms with Crippen LogP contribution in [-0.4, -0.2) is 37.3 Å². The van der Waals surface area contributed by atoms with Gasteiger partial charge in [0, 0.05) is 30.3 Å². The zero-order chi connectivity index (χ0) is 14.8. The second-order valence-corrected chi connectivity index (χ2v) is 7.70. The van der Waals surface area contributed by atoms with Crippen molar-refractivity contribution in [1.82, 2.24) is 9.29 Å². The first-order chi connectivity index (χ1) is 9.50. The van der Waals surface area contributed by atoms with Gasteiger partial charge in [-0.05, 0) is 41.3 Å². The zero-order valence-corrected chi connectivity index (χ0v) is 14.2. The quantitative estimate of drug-likeness (QED) is 0.895. The van der Waals surface area contributed by atoms with Crippen molar-refractivity contribution in [3.8, 4) is 0 Å². The normalized spacial score (nSPS) is 20.9. The van der Waals surface area contributed by atoms with Crippen molar-refractivity contribution in [3.05, 3.63) is 16.7 Å². The van der Waals surface area contributed by atoms with Crippen LogP contribution in [0.3, 0.4) is 0 Å². The van der Waals surface area contributed by atoms with Gasteiger partial charge in [0.15, 0.2) is 0 Å². The number of rotatable bonds is 4. The Morgan fingerprint density at radius 3 is 2.90 bits per heavy atom. The number of hydrogen-bond acceptors (Lipinski definition) is 4. The lowest BCUT2D eigenvalue weighted by Crippen LogP contribution is -2.43. The molecule has 1 N–H and O–H groups in total. The molecule has 0 amide bonds. The Balaban J connectivity index is 2.46. The van der Waals surface area contributed by atoms with E-state index in [9.17, 15) is 8.42 Å². The van der Waals surface area contributed by atoms with E-state index in [0.717, 1.165) is 25.7 Å². The summed E-state index contributed by atoms with van der Waals surface area (Å²) < 4.78 is 28.1. The SMILES string of the molecule is CCC1CCCCN1S(=O)(=O)c1cc(Br)cnc1NC. The molecule has 1 unspecified atom stereocenters. The van der Waals surface area contributed by atoms with Crippen molar-refractivity contribution < 1.29 is 8.42 Å². The lowest BCUT2D eigenvalue weighted by Gasteiger charge is -2.34. The first-order valence-electron chi connectivity index (χ1n) is 6.85. The van der Waals surface area contributed by atoms with E-state index in [1.165, 1.54) is 0 Å². The van der Waals surface area contributed by atoms with E-state index in [1.807, 2.05) is 6.92 Å². The third-order valence-electron chi connectivity index (χ3n) is 3.69. The molecule has 1 aliphatic rings. The van der Waals surface area contributed by atoms with E-state index in [1.54, 1.807) is 23.6 Å². The number of aromatic nitrogens is 1. The predicted molar refractivity (Wildman–Crippen MR) is 83.3 cm³/mol. The van der Waals surface area contributed by atoms with Gasteiger partial charge in [-0.1, -0.05) is 13.3 Å². The summed E-state index contributed by atoms with van der Waals surface area (Å²) in [5.41, 5.74) is 0. The fraction of sp³-hybridized carbons (Fsp3) is 0.615. The van der Waals surface area contributed by atoms with Gasteiger partial charge >= 0.3 is 0 Å². The smallest absolute Gasteiger partial charge is 0.247 e. The number of halogens is 1. The molecule has 2 heterocycles. The van der Waals surface area contributed by atoms with Gasteiger partial charge < -0.3 is 5.32 Å². The summed E-state index contributed by atoms with van der Waals surface area (Å²) in [7, 11) is -1.83. The van der Waals surface area contributed by atoms with Gasteiger partial charge in [-0.2, -0.15) is 4.31 Å². The topological polar surface area (TPSA) is 62.3 Å². The molecule has 1 atom stereocenters. The van der Waals surface area contributed by atoms with Crippen molar-refractivity contribution in [2.45, 2.75) is 43.5 Å². The minimum Gasteiger partial charge on any atom is -0.372 e. The summed E-state index contributed by atoms with van der Waals surface area (Å²) in [6.07, 6.45) is 5.39. The standard InChI is InChI=1S/C13H20BrN3O2S/c1-3-11-6-4-5-7-17(11)20(18,19)12-8-10(14)9-16-13(12)15-2/h8-9,11H,3-7H2,1-2H3,(H,15,16). The first-order valence-corrected chi connectivity index (χ1v) is 9.09. The Hall–Kier alpha value is -0.660. The highest BCUT2D eigenvalue weighted by Gasteiger charge is 2.34. The maximum Gasteiger partial charge on any atom is 0.247 e. The average Bonchev–Trinajstić information content (AvgIpc) is 2.47. The molecule has 7 heteroatoms. The van der Waals surface area contributed by atoms with Crippen LogP contribution in [0, 0.1) is 0 Å². The minimum atomic E-state index is -3.51. The van der Waals surface area contributed by atoms with Crippen molar-refractivity contribution in [2.75, 3.05) is 18.9 Å². The lowest BCUT2D eigenvalue weighted by atomic mass is 10.0. The highest BCUT2D eigenvalue weighted by molar-refractivity contribution is 9.10. The summed E-state index contributed by atoms with van der Waals surface area (Å²) in [5.74, 6) is 0.397. The van der Waals surface area contributed by atoms with E-state index in [0.29, 0.717) is 16.8 Å². The molecule has 0 radical (unpaired) electrons. The Labute approximate surface area is 129 Å². The molecule has 0 spiro atoms. The Bertz CT molecular complexity index is 577. The largest absolute Gasteiger partial charge is 0.372 e. The molecular weight excluding hydrogens is 342 g/mol. The number of hydrogen-bond donors (Lipinski definition) is 1. The van der Waals surface area contributed by atoms with E-state index < -0.39 is 10.0 Å². The molecule has 1 aliphatic heterocycles. The molecule has 0 saturated carbocycles. The molecule has 1 aromatic rings. The van der Waals surface area contributed by atoms with Crippen LogP contribution in [0.15, 0.2) is 21.6 Å². The molecule has 112 valence electrons. The number of anilines is 1. The van der Waals surface area contributed by atoms with Crippen LogP contribution in [-0.2, 0) is 10.0 Å². The van der Waals surface area contributed by atoms with Crippen LogP contribution in [0.5, 0.6) is 0 Å². The zero-order valence-electron chi connectivity index (χ0n) is 11.8. The maximum absolute atomic E-state index is 12.9. The van der Waals surface area contributed by atoms with E-state index >= 15 is 0 Å². The van der Waals surface area contributed by atoms with Crippen molar-refractivity contribution in [2.24, 2.45) is 0 Å². The Kier molecular flexibility index (Phi) is 5.04. The molecule has 0 aliphatic carbocycles. The molecule has 2 rings (SSSR count). The van der Waals surface area contributed by atoms with Crippen LogP contribution in [0.1, 0.15) is 32.6 Å². The highest BCUT2D eigenvalue weighted by atomic mass is 79.9. The Morgan fingerprint density at radius 1 is 1.50 bits per heavy atom. The molecule has 1 aromatic heterocycles. The van der Waals surface area contributed by atoms with Gasteiger partial charge in [0.05, 0.1) is 0 Å². The van der Waals surface area contributed by atoms with Crippen LogP contribution in [0.4, 0.5) is 5.82 Å². The molecule has 0 bridgehead atoms. The molecule has 1 saturated heterocycles. The van der Waals surface area contributed by atoms with E-state index in [2.05, 4.69) is 26.2 Å². The van der Waals surface area contributed by atoms with Gasteiger partial charge in [-0.15, -0.1) is 0 Å².